The quantitative estimate of drug-likeness (QED) is 0.812. The van der Waals surface area contributed by atoms with Crippen LogP contribution in [0.15, 0.2) is 22.9 Å². The lowest BCUT2D eigenvalue weighted by atomic mass is 10.3. The minimum atomic E-state index is -4.34. The highest BCUT2D eigenvalue weighted by atomic mass is 32.2. The van der Waals surface area contributed by atoms with Gasteiger partial charge in [-0.05, 0) is 26.8 Å². The lowest BCUT2D eigenvalue weighted by Gasteiger charge is -2.12. The molecule has 0 fully saturated rings. The molecule has 0 spiro atoms. The van der Waals surface area contributed by atoms with E-state index in [-0.39, 0.29) is 5.52 Å². The minimum absolute atomic E-state index is 0.284. The van der Waals surface area contributed by atoms with Gasteiger partial charge in [0.05, 0.1) is 34.6 Å². The van der Waals surface area contributed by atoms with Gasteiger partial charge in [0.1, 0.15) is 17.5 Å². The largest absolute Gasteiger partial charge is 0.408 e. The third kappa shape index (κ3) is 4.12. The van der Waals surface area contributed by atoms with Crippen LogP contribution in [0.4, 0.5) is 13.2 Å². The maximum atomic E-state index is 12.4. The second-order valence-electron chi connectivity index (χ2n) is 5.68. The van der Waals surface area contributed by atoms with E-state index in [1.165, 1.54) is 18.6 Å². The van der Waals surface area contributed by atoms with Crippen LogP contribution in [0.3, 0.4) is 0 Å². The van der Waals surface area contributed by atoms with E-state index >= 15 is 0 Å². The Labute approximate surface area is 127 Å². The molecule has 2 aromatic rings. The van der Waals surface area contributed by atoms with Crippen molar-refractivity contribution in [3.63, 3.8) is 0 Å². The van der Waals surface area contributed by atoms with E-state index in [9.17, 15) is 17.4 Å². The van der Waals surface area contributed by atoms with Gasteiger partial charge in [-0.15, -0.1) is 0 Å². The molecule has 0 bridgehead atoms. The van der Waals surface area contributed by atoms with Crippen LogP contribution in [0.5, 0.6) is 0 Å². The van der Waals surface area contributed by atoms with Gasteiger partial charge in [-0.25, -0.2) is 4.21 Å². The third-order valence-electron chi connectivity index (χ3n) is 2.68. The maximum Gasteiger partial charge on any atom is 0.408 e. The monoisotopic (exact) mass is 332 g/mol. The molecule has 1 atom stereocenters. The molecule has 0 aliphatic carbocycles. The molecular formula is C13H15F3N4OS. The molecule has 2 aromatic heterocycles. The van der Waals surface area contributed by atoms with E-state index in [0.29, 0.717) is 11.1 Å². The first-order valence-corrected chi connectivity index (χ1v) is 7.51. The van der Waals surface area contributed by atoms with Crippen LogP contribution >= 0.6 is 0 Å². The molecule has 0 unspecified atom stereocenters. The lowest BCUT2D eigenvalue weighted by Crippen LogP contribution is -2.19. The van der Waals surface area contributed by atoms with Crippen LogP contribution in [0.25, 0.3) is 10.9 Å². The highest BCUT2D eigenvalue weighted by Crippen LogP contribution is 2.21. The predicted molar refractivity (Wildman–Crippen MR) is 79.1 cm³/mol. The molecule has 0 saturated heterocycles. The number of hydrogen-bond acceptors (Lipinski definition) is 3. The highest BCUT2D eigenvalue weighted by molar-refractivity contribution is 7.85. The average molecular weight is 332 g/mol. The lowest BCUT2D eigenvalue weighted by molar-refractivity contribution is -0.141. The zero-order valence-electron chi connectivity index (χ0n) is 12.3. The van der Waals surface area contributed by atoms with Crippen LogP contribution < -0.4 is 0 Å². The molecule has 9 heteroatoms. The number of halogens is 3. The molecule has 2 rings (SSSR count). The van der Waals surface area contributed by atoms with Gasteiger partial charge in [0, 0.05) is 5.39 Å². The Morgan fingerprint density at radius 1 is 1.32 bits per heavy atom. The van der Waals surface area contributed by atoms with Crippen molar-refractivity contribution in [1.82, 2.24) is 14.8 Å². The first kappa shape index (κ1) is 16.6. The summed E-state index contributed by atoms with van der Waals surface area (Å²) >= 11 is 0. The van der Waals surface area contributed by atoms with Gasteiger partial charge in [0.25, 0.3) is 0 Å². The summed E-state index contributed by atoms with van der Waals surface area (Å²) in [5.41, 5.74) is 0.697. The van der Waals surface area contributed by atoms with E-state index in [1.54, 1.807) is 26.8 Å². The van der Waals surface area contributed by atoms with E-state index < -0.39 is 28.5 Å². The first-order valence-electron chi connectivity index (χ1n) is 6.41. The summed E-state index contributed by atoms with van der Waals surface area (Å²) in [6.07, 6.45) is -0.360. The molecule has 0 saturated carbocycles. The Bertz CT molecular complexity index is 731. The smallest absolute Gasteiger partial charge is 0.254 e. The fourth-order valence-corrected chi connectivity index (χ4v) is 2.14. The van der Waals surface area contributed by atoms with Crippen LogP contribution in [-0.2, 0) is 17.5 Å². The zero-order chi connectivity index (χ0) is 16.5. The molecule has 0 aliphatic rings. The number of rotatable bonds is 3. The summed E-state index contributed by atoms with van der Waals surface area (Å²) in [6, 6.07) is 1.55. The van der Waals surface area contributed by atoms with Gasteiger partial charge >= 0.3 is 6.18 Å². The SMILES string of the molecule is CC(C)(C)[S@@](=O)N=Cc1cc2cnn(CC(F)(F)F)c2cn1. The Morgan fingerprint density at radius 3 is 2.59 bits per heavy atom. The number of aromatic nitrogens is 3. The fraction of sp³-hybridized carbons (Fsp3) is 0.462. The van der Waals surface area contributed by atoms with Crippen molar-refractivity contribution in [3.05, 3.63) is 24.2 Å². The van der Waals surface area contributed by atoms with E-state index in [2.05, 4.69) is 14.5 Å². The van der Waals surface area contributed by atoms with Crippen LogP contribution in [-0.4, -0.2) is 36.1 Å². The number of pyridine rings is 1. The first-order chi connectivity index (χ1) is 10.1. The number of hydrogen-bond donors (Lipinski definition) is 0. The van der Waals surface area contributed by atoms with Gasteiger partial charge in [-0.1, -0.05) is 0 Å². The van der Waals surface area contributed by atoms with Crippen molar-refractivity contribution in [3.8, 4) is 0 Å². The topological polar surface area (TPSA) is 60.1 Å². The highest BCUT2D eigenvalue weighted by Gasteiger charge is 2.29. The zero-order valence-corrected chi connectivity index (χ0v) is 13.1. The van der Waals surface area contributed by atoms with Crippen molar-refractivity contribution in [1.29, 1.82) is 0 Å². The van der Waals surface area contributed by atoms with Gasteiger partial charge < -0.3 is 0 Å². The van der Waals surface area contributed by atoms with Crippen LogP contribution in [0.2, 0.25) is 0 Å². The van der Waals surface area contributed by atoms with Gasteiger partial charge in [0.2, 0.25) is 0 Å². The Hall–Kier alpha value is -1.77. The summed E-state index contributed by atoms with van der Waals surface area (Å²) in [7, 11) is -1.42. The van der Waals surface area contributed by atoms with Crippen molar-refractivity contribution in [2.45, 2.75) is 38.2 Å². The summed E-state index contributed by atoms with van der Waals surface area (Å²) < 4.78 is 53.3. The van der Waals surface area contributed by atoms with E-state index in [4.69, 9.17) is 0 Å². The molecule has 120 valence electrons. The molecule has 5 nitrogen and oxygen atoms in total. The van der Waals surface area contributed by atoms with Gasteiger partial charge in [-0.2, -0.15) is 22.7 Å². The molecule has 0 N–H and O–H groups in total. The second-order valence-corrected chi connectivity index (χ2v) is 7.62. The van der Waals surface area contributed by atoms with Gasteiger partial charge in [-0.3, -0.25) is 9.67 Å². The predicted octanol–water partition coefficient (Wildman–Crippen LogP) is 2.87. The Balaban J connectivity index is 2.26. The van der Waals surface area contributed by atoms with Crippen molar-refractivity contribution < 1.29 is 17.4 Å². The minimum Gasteiger partial charge on any atom is -0.254 e. The Kier molecular flexibility index (Phi) is 4.37. The summed E-state index contributed by atoms with van der Waals surface area (Å²) in [5.74, 6) is 0. The van der Waals surface area contributed by atoms with Crippen molar-refractivity contribution in [2.24, 2.45) is 4.40 Å². The number of nitrogens with zero attached hydrogens (tertiary/aromatic N) is 4. The van der Waals surface area contributed by atoms with Crippen molar-refractivity contribution in [2.75, 3.05) is 0 Å². The second kappa shape index (κ2) is 5.79. The molecule has 0 amide bonds. The molecular weight excluding hydrogens is 317 g/mol. The molecule has 0 radical (unpaired) electrons. The standard InChI is InChI=1S/C13H15F3N4OS/c1-12(2,3)22(21)19-6-10-4-9-5-18-20(8-13(14,15)16)11(9)7-17-10/h4-7H,8H2,1-3H3/t22-/m1/s1. The molecule has 2 heterocycles. The van der Waals surface area contributed by atoms with Gasteiger partial charge in [0.15, 0.2) is 0 Å². The van der Waals surface area contributed by atoms with Crippen molar-refractivity contribution >= 4 is 28.1 Å². The van der Waals surface area contributed by atoms with Crippen LogP contribution in [0, 0.1) is 0 Å². The Morgan fingerprint density at radius 2 is 2.00 bits per heavy atom. The van der Waals surface area contributed by atoms with E-state index in [1.807, 2.05) is 0 Å². The average Bonchev–Trinajstić information content (AvgIpc) is 2.75. The summed E-state index contributed by atoms with van der Waals surface area (Å²) in [4.78, 5) is 4.01. The third-order valence-corrected chi connectivity index (χ3v) is 4.03. The number of alkyl halides is 3. The fourth-order valence-electron chi connectivity index (χ4n) is 1.62. The number of fused-ring (bicyclic) bond motifs is 1. The maximum absolute atomic E-state index is 12.4. The molecule has 0 aliphatic heterocycles. The molecule has 22 heavy (non-hydrogen) atoms. The summed E-state index contributed by atoms with van der Waals surface area (Å²) in [6.45, 7) is 4.20. The van der Waals surface area contributed by atoms with E-state index in [0.717, 1.165) is 4.68 Å². The normalized spacial score (nSPS) is 14.8. The molecule has 0 aromatic carbocycles. The summed E-state index contributed by atoms with van der Waals surface area (Å²) in [5, 5.41) is 4.22. The van der Waals surface area contributed by atoms with Crippen LogP contribution in [0.1, 0.15) is 26.5 Å².